The maximum Gasteiger partial charge on any atom is 0.241 e. The third-order valence-electron chi connectivity index (χ3n) is 2.97. The SMILES string of the molecule is CSCCC(NS(=O)(=O)c1ccc(C)cc1)C(=O)NCCO. The molecule has 124 valence electrons. The van der Waals surface area contributed by atoms with E-state index in [4.69, 9.17) is 5.11 Å². The molecule has 0 radical (unpaired) electrons. The third kappa shape index (κ3) is 5.96. The van der Waals surface area contributed by atoms with Gasteiger partial charge in [-0.25, -0.2) is 8.42 Å². The van der Waals surface area contributed by atoms with Crippen molar-refractivity contribution in [3.8, 4) is 0 Å². The van der Waals surface area contributed by atoms with Crippen LogP contribution in [0, 0.1) is 6.92 Å². The van der Waals surface area contributed by atoms with Gasteiger partial charge in [-0.1, -0.05) is 17.7 Å². The van der Waals surface area contributed by atoms with Crippen molar-refractivity contribution in [2.45, 2.75) is 24.3 Å². The first-order valence-corrected chi connectivity index (χ1v) is 9.75. The lowest BCUT2D eigenvalue weighted by atomic mass is 10.2. The summed E-state index contributed by atoms with van der Waals surface area (Å²) in [6, 6.07) is 5.57. The van der Waals surface area contributed by atoms with E-state index in [-0.39, 0.29) is 18.0 Å². The average Bonchev–Trinajstić information content (AvgIpc) is 2.49. The number of aliphatic hydroxyl groups is 1. The van der Waals surface area contributed by atoms with E-state index in [1.165, 1.54) is 23.9 Å². The minimum atomic E-state index is -3.76. The van der Waals surface area contributed by atoms with Crippen molar-refractivity contribution in [2.24, 2.45) is 0 Å². The van der Waals surface area contributed by atoms with Gasteiger partial charge in [0.15, 0.2) is 0 Å². The molecule has 0 fully saturated rings. The standard InChI is InChI=1S/C14H22N2O4S2/c1-11-3-5-12(6-4-11)22(19,20)16-13(7-10-21-2)14(18)15-8-9-17/h3-6,13,16-17H,7-10H2,1-2H3,(H,15,18). The van der Waals surface area contributed by atoms with Crippen LogP contribution in [-0.2, 0) is 14.8 Å². The molecule has 0 saturated heterocycles. The lowest BCUT2D eigenvalue weighted by molar-refractivity contribution is -0.122. The number of hydrogen-bond acceptors (Lipinski definition) is 5. The van der Waals surface area contributed by atoms with Gasteiger partial charge in [-0.05, 0) is 37.5 Å². The third-order valence-corrected chi connectivity index (χ3v) is 5.10. The normalized spacial score (nSPS) is 12.9. The highest BCUT2D eigenvalue weighted by molar-refractivity contribution is 7.98. The van der Waals surface area contributed by atoms with E-state index in [0.717, 1.165) is 5.56 Å². The predicted octanol–water partition coefficient (Wildman–Crippen LogP) is 0.504. The number of carbonyl (C=O) groups is 1. The predicted molar refractivity (Wildman–Crippen MR) is 88.4 cm³/mol. The summed E-state index contributed by atoms with van der Waals surface area (Å²) in [5, 5.41) is 11.3. The van der Waals surface area contributed by atoms with Crippen LogP contribution in [0.3, 0.4) is 0 Å². The van der Waals surface area contributed by atoms with Gasteiger partial charge in [-0.3, -0.25) is 4.79 Å². The van der Waals surface area contributed by atoms with Gasteiger partial charge in [0.2, 0.25) is 15.9 Å². The van der Waals surface area contributed by atoms with E-state index in [2.05, 4.69) is 10.0 Å². The second-order valence-electron chi connectivity index (χ2n) is 4.78. The van der Waals surface area contributed by atoms with Crippen LogP contribution in [0.4, 0.5) is 0 Å². The molecule has 0 heterocycles. The van der Waals surface area contributed by atoms with E-state index in [1.807, 2.05) is 13.2 Å². The van der Waals surface area contributed by atoms with Gasteiger partial charge in [-0.15, -0.1) is 0 Å². The molecule has 0 spiro atoms. The number of benzene rings is 1. The highest BCUT2D eigenvalue weighted by atomic mass is 32.2. The van der Waals surface area contributed by atoms with Crippen LogP contribution in [0.1, 0.15) is 12.0 Å². The summed E-state index contributed by atoms with van der Waals surface area (Å²) in [6.07, 6.45) is 2.26. The molecule has 1 aromatic rings. The molecule has 0 saturated carbocycles. The summed E-state index contributed by atoms with van der Waals surface area (Å²) in [4.78, 5) is 12.1. The zero-order chi connectivity index (χ0) is 16.6. The van der Waals surface area contributed by atoms with Gasteiger partial charge in [0, 0.05) is 6.54 Å². The van der Waals surface area contributed by atoms with E-state index in [9.17, 15) is 13.2 Å². The zero-order valence-electron chi connectivity index (χ0n) is 12.7. The first-order chi connectivity index (χ1) is 10.4. The molecular formula is C14H22N2O4S2. The Kier molecular flexibility index (Phi) is 7.88. The number of hydrogen-bond donors (Lipinski definition) is 3. The molecule has 1 aromatic carbocycles. The Labute approximate surface area is 135 Å². The average molecular weight is 346 g/mol. The molecule has 0 aliphatic carbocycles. The molecule has 0 aliphatic heterocycles. The first-order valence-electron chi connectivity index (χ1n) is 6.87. The topological polar surface area (TPSA) is 95.5 Å². The van der Waals surface area contributed by atoms with Gasteiger partial charge in [0.1, 0.15) is 6.04 Å². The van der Waals surface area contributed by atoms with Crippen LogP contribution in [-0.4, -0.2) is 50.6 Å². The minimum absolute atomic E-state index is 0.0981. The fourth-order valence-corrected chi connectivity index (χ4v) is 3.46. The molecule has 1 amide bonds. The van der Waals surface area contributed by atoms with Crippen LogP contribution < -0.4 is 10.0 Å². The number of rotatable bonds is 9. The van der Waals surface area contributed by atoms with E-state index >= 15 is 0 Å². The van der Waals surface area contributed by atoms with Crippen molar-refractivity contribution < 1.29 is 18.3 Å². The van der Waals surface area contributed by atoms with Crippen LogP contribution in [0.15, 0.2) is 29.2 Å². The fourth-order valence-electron chi connectivity index (χ4n) is 1.75. The number of nitrogens with one attached hydrogen (secondary N) is 2. The Morgan fingerprint density at radius 3 is 2.50 bits per heavy atom. The molecule has 0 bridgehead atoms. The van der Waals surface area contributed by atoms with Crippen LogP contribution in [0.2, 0.25) is 0 Å². The maximum absolute atomic E-state index is 12.3. The summed E-state index contributed by atoms with van der Waals surface area (Å²) >= 11 is 1.53. The molecule has 1 unspecified atom stereocenters. The van der Waals surface area contributed by atoms with Gasteiger partial charge < -0.3 is 10.4 Å². The van der Waals surface area contributed by atoms with Gasteiger partial charge >= 0.3 is 0 Å². The minimum Gasteiger partial charge on any atom is -0.395 e. The maximum atomic E-state index is 12.3. The molecule has 3 N–H and O–H groups in total. The quantitative estimate of drug-likeness (QED) is 0.605. The van der Waals surface area contributed by atoms with Crippen LogP contribution in [0.5, 0.6) is 0 Å². The van der Waals surface area contributed by atoms with Crippen molar-refractivity contribution >= 4 is 27.7 Å². The monoisotopic (exact) mass is 346 g/mol. The number of sulfonamides is 1. The molecular weight excluding hydrogens is 324 g/mol. The van der Waals surface area contributed by atoms with Gasteiger partial charge in [0.05, 0.1) is 11.5 Å². The summed E-state index contributed by atoms with van der Waals surface area (Å²) in [6.45, 7) is 1.78. The Morgan fingerprint density at radius 2 is 1.95 bits per heavy atom. The smallest absolute Gasteiger partial charge is 0.241 e. The van der Waals surface area contributed by atoms with E-state index < -0.39 is 22.0 Å². The molecule has 0 aliphatic rings. The Balaban J connectivity index is 2.86. The van der Waals surface area contributed by atoms with Gasteiger partial charge in [0.25, 0.3) is 0 Å². The molecule has 8 heteroatoms. The van der Waals surface area contributed by atoms with Crippen molar-refractivity contribution in [3.63, 3.8) is 0 Å². The number of carbonyl (C=O) groups excluding carboxylic acids is 1. The van der Waals surface area contributed by atoms with Crippen LogP contribution >= 0.6 is 11.8 Å². The second-order valence-corrected chi connectivity index (χ2v) is 7.48. The van der Waals surface area contributed by atoms with Gasteiger partial charge in [-0.2, -0.15) is 16.5 Å². The summed E-state index contributed by atoms with van der Waals surface area (Å²) in [7, 11) is -3.76. The highest BCUT2D eigenvalue weighted by Crippen LogP contribution is 2.12. The van der Waals surface area contributed by atoms with E-state index in [1.54, 1.807) is 12.1 Å². The summed E-state index contributed by atoms with van der Waals surface area (Å²) in [5.74, 6) is 0.215. The lowest BCUT2D eigenvalue weighted by Gasteiger charge is -2.18. The van der Waals surface area contributed by atoms with E-state index in [0.29, 0.717) is 12.2 Å². The lowest BCUT2D eigenvalue weighted by Crippen LogP contribution is -2.47. The zero-order valence-corrected chi connectivity index (χ0v) is 14.3. The highest BCUT2D eigenvalue weighted by Gasteiger charge is 2.25. The number of thioether (sulfide) groups is 1. The number of amides is 1. The van der Waals surface area contributed by atoms with Crippen molar-refractivity contribution in [1.29, 1.82) is 0 Å². The van der Waals surface area contributed by atoms with Crippen molar-refractivity contribution in [3.05, 3.63) is 29.8 Å². The summed E-state index contributed by atoms with van der Waals surface area (Å²) in [5.41, 5.74) is 0.957. The first kappa shape index (κ1) is 19.0. The molecule has 22 heavy (non-hydrogen) atoms. The molecule has 6 nitrogen and oxygen atoms in total. The van der Waals surface area contributed by atoms with Crippen LogP contribution in [0.25, 0.3) is 0 Å². The largest absolute Gasteiger partial charge is 0.395 e. The van der Waals surface area contributed by atoms with Crippen molar-refractivity contribution in [1.82, 2.24) is 10.0 Å². The Morgan fingerprint density at radius 1 is 1.32 bits per heavy atom. The Bertz CT molecular complexity index is 573. The second kappa shape index (κ2) is 9.14. The molecule has 1 rings (SSSR count). The molecule has 1 atom stereocenters. The number of aliphatic hydroxyl groups excluding tert-OH is 1. The Hall–Kier alpha value is -1.09. The fraction of sp³-hybridized carbons (Fsp3) is 0.500. The number of aryl methyl sites for hydroxylation is 1. The van der Waals surface area contributed by atoms with Crippen molar-refractivity contribution in [2.75, 3.05) is 25.2 Å². The summed E-state index contributed by atoms with van der Waals surface area (Å²) < 4.78 is 27.1. The molecule has 0 aromatic heterocycles.